The van der Waals surface area contributed by atoms with Crippen LogP contribution in [0.5, 0.6) is 0 Å². The zero-order valence-corrected chi connectivity index (χ0v) is 17.1. The number of nitrogens with one attached hydrogen (secondary N) is 2. The number of carbonyl (C=O) groups excluding carboxylic acids is 1. The maximum Gasteiger partial charge on any atom is 0.490 e. The van der Waals surface area contributed by atoms with Gasteiger partial charge in [-0.3, -0.25) is 14.9 Å². The summed E-state index contributed by atoms with van der Waals surface area (Å²) in [5.41, 5.74) is 0. The second-order valence-corrected chi connectivity index (χ2v) is 6.68. The standard InChI is InChI=1S/C17H28N2O4.C2HF3O2/c1-5-7-9-14(23-4)16(18-11(3)20)15-12(8-6-2)10-13(19-15)17(21)22;3-2(4,5)1(6)7/h5-6,8,12-16,19H,1,7,9-10H2,2-4H3,(H,18,20)(H,21,22);(H,6,7)/b8-6-;/t12-,13-,14+,15-,16+;/m1./s1. The van der Waals surface area contributed by atoms with Crippen LogP contribution in [-0.2, 0) is 19.1 Å². The molecule has 1 aliphatic rings. The van der Waals surface area contributed by atoms with Crippen LogP contribution in [0.1, 0.15) is 33.1 Å². The molecule has 0 aromatic carbocycles. The SMILES string of the molecule is C=CCC[C@H](OC)[C@H](NC(C)=O)[C@@H]1N[C@@H](C(=O)O)C[C@H]1/C=C\C.O=C(O)C(F)(F)F. The number of hydrogen-bond donors (Lipinski definition) is 4. The van der Waals surface area contributed by atoms with Crippen molar-refractivity contribution < 1.29 is 42.5 Å². The smallest absolute Gasteiger partial charge is 0.480 e. The van der Waals surface area contributed by atoms with Crippen LogP contribution < -0.4 is 10.6 Å². The fraction of sp³-hybridized carbons (Fsp3) is 0.632. The monoisotopic (exact) mass is 438 g/mol. The number of hydrogen-bond acceptors (Lipinski definition) is 5. The molecule has 0 aromatic rings. The Balaban J connectivity index is 0.00000103. The normalized spacial score (nSPS) is 23.2. The predicted molar refractivity (Wildman–Crippen MR) is 103 cm³/mol. The van der Waals surface area contributed by atoms with Gasteiger partial charge in [0.05, 0.1) is 12.1 Å². The molecular weight excluding hydrogens is 409 g/mol. The molecule has 30 heavy (non-hydrogen) atoms. The van der Waals surface area contributed by atoms with Gasteiger partial charge >= 0.3 is 18.1 Å². The minimum Gasteiger partial charge on any atom is -0.480 e. The zero-order chi connectivity index (χ0) is 23.5. The zero-order valence-electron chi connectivity index (χ0n) is 17.1. The Morgan fingerprint density at radius 3 is 2.27 bits per heavy atom. The summed E-state index contributed by atoms with van der Waals surface area (Å²) in [6.45, 7) is 7.08. The lowest BCUT2D eigenvalue weighted by molar-refractivity contribution is -0.192. The topological polar surface area (TPSA) is 125 Å². The van der Waals surface area contributed by atoms with Crippen molar-refractivity contribution in [3.63, 3.8) is 0 Å². The largest absolute Gasteiger partial charge is 0.490 e. The summed E-state index contributed by atoms with van der Waals surface area (Å²) in [5.74, 6) is -3.76. The van der Waals surface area contributed by atoms with Crippen LogP contribution in [0.4, 0.5) is 13.2 Å². The highest BCUT2D eigenvalue weighted by Gasteiger charge is 2.43. The molecule has 0 unspecified atom stereocenters. The predicted octanol–water partition coefficient (Wildman–Crippen LogP) is 2.11. The van der Waals surface area contributed by atoms with Crippen molar-refractivity contribution in [1.82, 2.24) is 10.6 Å². The molecule has 8 nitrogen and oxygen atoms in total. The van der Waals surface area contributed by atoms with Crippen LogP contribution in [0.2, 0.25) is 0 Å². The van der Waals surface area contributed by atoms with E-state index in [-0.39, 0.29) is 30.0 Å². The highest BCUT2D eigenvalue weighted by molar-refractivity contribution is 5.75. The Labute approximate surface area is 173 Å². The lowest BCUT2D eigenvalue weighted by Gasteiger charge is -2.34. The van der Waals surface area contributed by atoms with Gasteiger partial charge in [0.2, 0.25) is 5.91 Å². The van der Waals surface area contributed by atoms with E-state index in [0.717, 1.165) is 6.42 Å². The second-order valence-electron chi connectivity index (χ2n) is 6.68. The van der Waals surface area contributed by atoms with Gasteiger partial charge in [-0.2, -0.15) is 13.2 Å². The van der Waals surface area contributed by atoms with Crippen LogP contribution >= 0.6 is 0 Å². The molecule has 0 radical (unpaired) electrons. The number of methoxy groups -OCH3 is 1. The molecule has 1 fully saturated rings. The summed E-state index contributed by atoms with van der Waals surface area (Å²) in [6.07, 6.45) is 2.40. The molecule has 11 heteroatoms. The van der Waals surface area contributed by atoms with E-state index in [1.165, 1.54) is 6.92 Å². The van der Waals surface area contributed by atoms with Gasteiger partial charge in [-0.25, -0.2) is 4.79 Å². The first kappa shape index (κ1) is 27.6. The number of carbonyl (C=O) groups is 3. The summed E-state index contributed by atoms with van der Waals surface area (Å²) in [6, 6.07) is -1.11. The number of amides is 1. The number of carboxylic acids is 2. The van der Waals surface area contributed by atoms with Gasteiger partial charge in [0.15, 0.2) is 0 Å². The van der Waals surface area contributed by atoms with E-state index in [1.807, 2.05) is 25.2 Å². The molecular formula is C19H29F3N2O6. The third-order valence-electron chi connectivity index (χ3n) is 4.46. The van der Waals surface area contributed by atoms with Gasteiger partial charge in [0.25, 0.3) is 0 Å². The van der Waals surface area contributed by atoms with Crippen molar-refractivity contribution in [2.45, 2.75) is 63.5 Å². The van der Waals surface area contributed by atoms with Gasteiger partial charge in [-0.15, -0.1) is 6.58 Å². The quantitative estimate of drug-likeness (QED) is 0.406. The summed E-state index contributed by atoms with van der Waals surface area (Å²) in [5, 5.41) is 22.5. The van der Waals surface area contributed by atoms with Crippen molar-refractivity contribution in [1.29, 1.82) is 0 Å². The maximum atomic E-state index is 11.6. The molecule has 0 aromatic heterocycles. The molecule has 0 spiro atoms. The molecule has 5 atom stereocenters. The van der Waals surface area contributed by atoms with E-state index in [4.69, 9.17) is 14.6 Å². The first-order valence-corrected chi connectivity index (χ1v) is 9.21. The lowest BCUT2D eigenvalue weighted by Crippen LogP contribution is -2.57. The van der Waals surface area contributed by atoms with E-state index in [0.29, 0.717) is 12.8 Å². The minimum atomic E-state index is -5.08. The number of allylic oxidation sites excluding steroid dienone is 2. The summed E-state index contributed by atoms with van der Waals surface area (Å²) in [4.78, 5) is 31.9. The Hall–Kier alpha value is -2.40. The number of alkyl halides is 3. The van der Waals surface area contributed by atoms with Gasteiger partial charge in [0.1, 0.15) is 6.04 Å². The van der Waals surface area contributed by atoms with Gasteiger partial charge in [0, 0.05) is 20.1 Å². The Morgan fingerprint density at radius 2 is 1.90 bits per heavy atom. The highest BCUT2D eigenvalue weighted by Crippen LogP contribution is 2.27. The Kier molecular flexibility index (Phi) is 12.0. The van der Waals surface area contributed by atoms with E-state index in [9.17, 15) is 27.9 Å². The van der Waals surface area contributed by atoms with Crippen molar-refractivity contribution in [2.75, 3.05) is 7.11 Å². The molecule has 0 bridgehead atoms. The Bertz CT molecular complexity index is 624. The molecule has 1 heterocycles. The molecule has 1 aliphatic heterocycles. The van der Waals surface area contributed by atoms with Crippen molar-refractivity contribution in [2.24, 2.45) is 5.92 Å². The van der Waals surface area contributed by atoms with Crippen LogP contribution in [0.3, 0.4) is 0 Å². The van der Waals surface area contributed by atoms with E-state index >= 15 is 0 Å². The van der Waals surface area contributed by atoms with Crippen molar-refractivity contribution in [3.8, 4) is 0 Å². The Morgan fingerprint density at radius 1 is 1.33 bits per heavy atom. The molecule has 1 rings (SSSR count). The minimum absolute atomic E-state index is 0.0272. The number of aliphatic carboxylic acids is 2. The second kappa shape index (κ2) is 13.0. The molecule has 4 N–H and O–H groups in total. The number of rotatable bonds is 9. The van der Waals surface area contributed by atoms with E-state index < -0.39 is 24.2 Å². The van der Waals surface area contributed by atoms with Crippen molar-refractivity contribution >= 4 is 17.8 Å². The third kappa shape index (κ3) is 9.40. The summed E-state index contributed by atoms with van der Waals surface area (Å²) in [7, 11) is 1.61. The molecule has 172 valence electrons. The lowest BCUT2D eigenvalue weighted by atomic mass is 9.88. The van der Waals surface area contributed by atoms with E-state index in [1.54, 1.807) is 7.11 Å². The molecule has 1 saturated heterocycles. The maximum absolute atomic E-state index is 11.6. The fourth-order valence-corrected chi connectivity index (χ4v) is 3.21. The summed E-state index contributed by atoms with van der Waals surface area (Å²) < 4.78 is 37.3. The van der Waals surface area contributed by atoms with Gasteiger partial charge in [-0.1, -0.05) is 18.2 Å². The third-order valence-corrected chi connectivity index (χ3v) is 4.46. The van der Waals surface area contributed by atoms with Gasteiger partial charge < -0.3 is 20.3 Å². The highest BCUT2D eigenvalue weighted by atomic mass is 19.4. The summed E-state index contributed by atoms with van der Waals surface area (Å²) >= 11 is 0. The number of halogens is 3. The first-order valence-electron chi connectivity index (χ1n) is 9.21. The van der Waals surface area contributed by atoms with Crippen LogP contribution in [-0.4, -0.2) is 65.6 Å². The number of carboxylic acid groups (broad SMARTS) is 2. The molecule has 0 saturated carbocycles. The van der Waals surface area contributed by atoms with E-state index in [2.05, 4.69) is 17.2 Å². The average molecular weight is 438 g/mol. The average Bonchev–Trinajstić information content (AvgIpc) is 3.05. The van der Waals surface area contributed by atoms with Crippen LogP contribution in [0.25, 0.3) is 0 Å². The number of ether oxygens (including phenoxy) is 1. The van der Waals surface area contributed by atoms with Crippen LogP contribution in [0.15, 0.2) is 24.8 Å². The van der Waals surface area contributed by atoms with Crippen LogP contribution in [0, 0.1) is 5.92 Å². The van der Waals surface area contributed by atoms with Gasteiger partial charge in [-0.05, 0) is 32.1 Å². The molecule has 1 amide bonds. The fourth-order valence-electron chi connectivity index (χ4n) is 3.21. The van der Waals surface area contributed by atoms with Crippen molar-refractivity contribution in [3.05, 3.63) is 24.8 Å². The molecule has 0 aliphatic carbocycles. The first-order chi connectivity index (χ1) is 13.9.